The summed E-state index contributed by atoms with van der Waals surface area (Å²) in [5, 5.41) is 10.6. The number of phenols is 1. The van der Waals surface area contributed by atoms with Gasteiger partial charge in [-0.15, -0.1) is 0 Å². The van der Waals surface area contributed by atoms with Crippen LogP contribution in [-0.4, -0.2) is 5.11 Å². The molecular weight excluding hydrogens is 460 g/mol. The van der Waals surface area contributed by atoms with E-state index in [4.69, 9.17) is 0 Å². The summed E-state index contributed by atoms with van der Waals surface area (Å²) in [5.74, 6) is 0.554. The van der Waals surface area contributed by atoms with Crippen molar-refractivity contribution in [1.29, 1.82) is 0 Å². The Labute approximate surface area is 240 Å². The van der Waals surface area contributed by atoms with Gasteiger partial charge in [0.15, 0.2) is 0 Å². The lowest BCUT2D eigenvalue weighted by Crippen LogP contribution is -1.94. The molecule has 1 heteroatoms. The van der Waals surface area contributed by atoms with Crippen LogP contribution in [0.1, 0.15) is 197 Å². The van der Waals surface area contributed by atoms with E-state index in [0.717, 1.165) is 12.0 Å². The molecule has 0 spiro atoms. The predicted molar refractivity (Wildman–Crippen MR) is 172 cm³/mol. The number of hydrogen-bond acceptors (Lipinski definition) is 1. The summed E-state index contributed by atoms with van der Waals surface area (Å²) in [6, 6.07) is 4.53. The van der Waals surface area contributed by atoms with Crippen molar-refractivity contribution in [3.63, 3.8) is 0 Å². The van der Waals surface area contributed by atoms with Gasteiger partial charge < -0.3 is 5.11 Å². The summed E-state index contributed by atoms with van der Waals surface area (Å²) in [4.78, 5) is 0. The first-order chi connectivity index (χ1) is 18.7. The maximum absolute atomic E-state index is 10.6. The van der Waals surface area contributed by atoms with E-state index in [0.29, 0.717) is 5.75 Å². The zero-order chi connectivity index (χ0) is 27.5. The summed E-state index contributed by atoms with van der Waals surface area (Å²) < 4.78 is 0. The first kappa shape index (κ1) is 35.0. The van der Waals surface area contributed by atoms with Crippen molar-refractivity contribution in [3.05, 3.63) is 28.8 Å². The first-order valence-corrected chi connectivity index (χ1v) is 17.5. The molecule has 0 atom stereocenters. The van der Waals surface area contributed by atoms with Crippen molar-refractivity contribution in [2.45, 2.75) is 201 Å². The van der Waals surface area contributed by atoms with Gasteiger partial charge in [0, 0.05) is 0 Å². The predicted octanol–water partition coefficient (Wildman–Crippen LogP) is 13.0. The van der Waals surface area contributed by atoms with Crippen LogP contribution in [0.3, 0.4) is 0 Å². The van der Waals surface area contributed by atoms with Crippen LogP contribution in [0.15, 0.2) is 12.1 Å². The van der Waals surface area contributed by atoms with Gasteiger partial charge in [-0.1, -0.05) is 180 Å². The molecule has 222 valence electrons. The highest BCUT2D eigenvalue weighted by Crippen LogP contribution is 2.27. The van der Waals surface area contributed by atoms with Gasteiger partial charge in [-0.2, -0.15) is 0 Å². The van der Waals surface area contributed by atoms with Crippen molar-refractivity contribution < 1.29 is 5.11 Å². The van der Waals surface area contributed by atoms with Gasteiger partial charge >= 0.3 is 0 Å². The third-order valence-corrected chi connectivity index (χ3v) is 8.56. The average Bonchev–Trinajstić information content (AvgIpc) is 2.92. The third kappa shape index (κ3) is 20.0. The second-order valence-electron chi connectivity index (χ2n) is 12.4. The van der Waals surface area contributed by atoms with Crippen LogP contribution in [0, 0.1) is 6.92 Å². The van der Waals surface area contributed by atoms with Crippen molar-refractivity contribution in [3.8, 4) is 5.75 Å². The SMILES string of the molecule is CCCCCCCCCCCCCCCc1cc(C)c(O)c(CCCCCCCCCCCCCCC)c1. The van der Waals surface area contributed by atoms with E-state index < -0.39 is 0 Å². The topological polar surface area (TPSA) is 20.2 Å². The fourth-order valence-electron chi connectivity index (χ4n) is 5.95. The van der Waals surface area contributed by atoms with Gasteiger partial charge in [-0.05, 0) is 49.3 Å². The minimum absolute atomic E-state index is 0.554. The molecule has 0 saturated heterocycles. The number of phenolic OH excluding ortho intramolecular Hbond substituents is 1. The van der Waals surface area contributed by atoms with Crippen LogP contribution >= 0.6 is 0 Å². The Balaban J connectivity index is 2.05. The summed E-state index contributed by atoms with van der Waals surface area (Å²) in [6.07, 6.45) is 38.6. The minimum atomic E-state index is 0.554. The molecule has 0 unspecified atom stereocenters. The summed E-state index contributed by atoms with van der Waals surface area (Å²) in [6.45, 7) is 6.67. The number of benzene rings is 1. The van der Waals surface area contributed by atoms with E-state index in [1.54, 1.807) is 0 Å². The van der Waals surface area contributed by atoms with Crippen molar-refractivity contribution in [1.82, 2.24) is 0 Å². The quantitative estimate of drug-likeness (QED) is 0.107. The zero-order valence-corrected chi connectivity index (χ0v) is 26.4. The lowest BCUT2D eigenvalue weighted by Gasteiger charge is -2.11. The Bertz CT molecular complexity index is 634. The third-order valence-electron chi connectivity index (χ3n) is 8.56. The number of rotatable bonds is 28. The maximum Gasteiger partial charge on any atom is 0.121 e. The Morgan fingerprint density at radius 1 is 0.421 bits per heavy atom. The molecule has 1 aromatic rings. The smallest absolute Gasteiger partial charge is 0.121 e. The molecule has 1 rings (SSSR count). The van der Waals surface area contributed by atoms with E-state index in [1.807, 2.05) is 0 Å². The number of hydrogen-bond donors (Lipinski definition) is 1. The van der Waals surface area contributed by atoms with E-state index >= 15 is 0 Å². The van der Waals surface area contributed by atoms with E-state index in [9.17, 15) is 5.11 Å². The van der Waals surface area contributed by atoms with Crippen LogP contribution in [-0.2, 0) is 12.8 Å². The molecule has 0 aliphatic heterocycles. The van der Waals surface area contributed by atoms with Crippen LogP contribution in [0.5, 0.6) is 5.75 Å². The normalized spacial score (nSPS) is 11.4. The van der Waals surface area contributed by atoms with Gasteiger partial charge in [0.2, 0.25) is 0 Å². The average molecular weight is 529 g/mol. The Hall–Kier alpha value is -0.980. The molecule has 0 aliphatic carbocycles. The molecule has 1 N–H and O–H groups in total. The van der Waals surface area contributed by atoms with E-state index in [1.165, 1.54) is 184 Å². The van der Waals surface area contributed by atoms with Crippen molar-refractivity contribution in [2.75, 3.05) is 0 Å². The molecule has 0 aromatic heterocycles. The lowest BCUT2D eigenvalue weighted by atomic mass is 9.96. The van der Waals surface area contributed by atoms with Gasteiger partial charge in [0.05, 0.1) is 0 Å². The van der Waals surface area contributed by atoms with E-state index in [-0.39, 0.29) is 0 Å². The summed E-state index contributed by atoms with van der Waals surface area (Å²) in [5.41, 5.74) is 3.70. The van der Waals surface area contributed by atoms with Crippen LogP contribution in [0.2, 0.25) is 0 Å². The number of aryl methyl sites for hydroxylation is 3. The van der Waals surface area contributed by atoms with Crippen LogP contribution < -0.4 is 0 Å². The molecule has 1 nitrogen and oxygen atoms in total. The fraction of sp³-hybridized carbons (Fsp3) is 0.838. The highest BCUT2D eigenvalue weighted by Gasteiger charge is 2.07. The van der Waals surface area contributed by atoms with Crippen molar-refractivity contribution >= 4 is 0 Å². The number of unbranched alkanes of at least 4 members (excludes halogenated alkanes) is 24. The molecular formula is C37H68O. The fourth-order valence-corrected chi connectivity index (χ4v) is 5.95. The summed E-state index contributed by atoms with van der Waals surface area (Å²) in [7, 11) is 0. The maximum atomic E-state index is 10.6. The van der Waals surface area contributed by atoms with Gasteiger partial charge in [-0.25, -0.2) is 0 Å². The lowest BCUT2D eigenvalue weighted by molar-refractivity contribution is 0.461. The highest BCUT2D eigenvalue weighted by atomic mass is 16.3. The molecule has 0 saturated carbocycles. The Morgan fingerprint density at radius 2 is 0.737 bits per heavy atom. The van der Waals surface area contributed by atoms with E-state index in [2.05, 4.69) is 32.9 Å². The van der Waals surface area contributed by atoms with Crippen molar-refractivity contribution in [2.24, 2.45) is 0 Å². The monoisotopic (exact) mass is 529 g/mol. The molecule has 0 bridgehead atoms. The molecule has 38 heavy (non-hydrogen) atoms. The second-order valence-corrected chi connectivity index (χ2v) is 12.4. The van der Waals surface area contributed by atoms with Crippen LogP contribution in [0.4, 0.5) is 0 Å². The molecule has 0 radical (unpaired) electrons. The number of aromatic hydroxyl groups is 1. The Kier molecular flexibility index (Phi) is 24.2. The largest absolute Gasteiger partial charge is 0.507 e. The van der Waals surface area contributed by atoms with Gasteiger partial charge in [0.1, 0.15) is 5.75 Å². The highest BCUT2D eigenvalue weighted by molar-refractivity contribution is 5.43. The second kappa shape index (κ2) is 26.3. The van der Waals surface area contributed by atoms with Crippen LogP contribution in [0.25, 0.3) is 0 Å². The van der Waals surface area contributed by atoms with Gasteiger partial charge in [0.25, 0.3) is 0 Å². The standard InChI is InChI=1S/C37H68O/c1-4-6-8-10-12-14-16-18-20-22-24-26-28-30-35-32-34(3)37(38)36(33-35)31-29-27-25-23-21-19-17-15-13-11-9-7-5-2/h32-33,38H,4-31H2,1-3H3. The van der Waals surface area contributed by atoms with Gasteiger partial charge in [-0.3, -0.25) is 0 Å². The zero-order valence-electron chi connectivity index (χ0n) is 26.4. The summed E-state index contributed by atoms with van der Waals surface area (Å²) >= 11 is 0. The molecule has 0 amide bonds. The first-order valence-electron chi connectivity index (χ1n) is 17.5. The Morgan fingerprint density at radius 3 is 1.11 bits per heavy atom. The minimum Gasteiger partial charge on any atom is -0.507 e. The molecule has 0 heterocycles. The molecule has 1 aromatic carbocycles. The molecule has 0 fully saturated rings. The molecule has 0 aliphatic rings.